The van der Waals surface area contributed by atoms with Gasteiger partial charge in [0, 0.05) is 11.6 Å². The van der Waals surface area contributed by atoms with Crippen LogP contribution in [0, 0.1) is 17.7 Å². The van der Waals surface area contributed by atoms with E-state index < -0.39 is 17.6 Å². The zero-order valence-electron chi connectivity index (χ0n) is 11.2. The van der Waals surface area contributed by atoms with Gasteiger partial charge >= 0.3 is 6.18 Å². The number of hydrogen-bond acceptors (Lipinski definition) is 2. The van der Waals surface area contributed by atoms with Crippen molar-refractivity contribution in [2.45, 2.75) is 25.4 Å². The summed E-state index contributed by atoms with van der Waals surface area (Å²) < 4.78 is 51.0. The smallest absolute Gasteiger partial charge is 0.330 e. The predicted octanol–water partition coefficient (Wildman–Crippen LogP) is 3.16. The molecule has 1 aromatic rings. The molecule has 0 aliphatic heterocycles. The largest absolute Gasteiger partial charge is 0.419 e. The van der Waals surface area contributed by atoms with E-state index in [1.165, 1.54) is 0 Å². The van der Waals surface area contributed by atoms with Crippen LogP contribution in [0.3, 0.4) is 0 Å². The number of carbonyl (C=O) groups is 1. The van der Waals surface area contributed by atoms with Crippen LogP contribution >= 0.6 is 0 Å². The highest BCUT2D eigenvalue weighted by atomic mass is 19.4. The molecule has 2 atom stereocenters. The summed E-state index contributed by atoms with van der Waals surface area (Å²) in [6, 6.07) is 2.43. The molecule has 0 aromatic heterocycles. The van der Waals surface area contributed by atoms with E-state index in [9.17, 15) is 22.4 Å². The molecule has 0 heterocycles. The van der Waals surface area contributed by atoms with Crippen molar-refractivity contribution in [1.82, 2.24) is 0 Å². The molecule has 116 valence electrons. The van der Waals surface area contributed by atoms with Gasteiger partial charge in [-0.2, -0.15) is 13.2 Å². The van der Waals surface area contributed by atoms with Crippen LogP contribution in [0.4, 0.5) is 23.2 Å². The van der Waals surface area contributed by atoms with Gasteiger partial charge in [0.25, 0.3) is 0 Å². The lowest BCUT2D eigenvalue weighted by atomic mass is 9.95. The number of benzene rings is 1. The number of rotatable bonds is 3. The monoisotopic (exact) mass is 304 g/mol. The first-order valence-corrected chi connectivity index (χ1v) is 6.70. The Labute approximate surface area is 119 Å². The molecule has 1 fully saturated rings. The Hall–Kier alpha value is -1.63. The van der Waals surface area contributed by atoms with Crippen molar-refractivity contribution in [3.8, 4) is 0 Å². The second kappa shape index (κ2) is 6.01. The fraction of sp³-hybridized carbons (Fsp3) is 0.500. The Kier molecular flexibility index (Phi) is 4.51. The summed E-state index contributed by atoms with van der Waals surface area (Å²) in [5, 5.41) is 2.43. The second-order valence-electron chi connectivity index (χ2n) is 5.21. The molecular weight excluding hydrogens is 288 g/mol. The maximum absolute atomic E-state index is 13.2. The Morgan fingerprint density at radius 1 is 1.33 bits per heavy atom. The number of nitrogens with two attached hydrogens (primary N) is 1. The Morgan fingerprint density at radius 2 is 2.05 bits per heavy atom. The zero-order chi connectivity index (χ0) is 15.6. The lowest BCUT2D eigenvalue weighted by molar-refractivity contribution is -0.140. The molecule has 1 saturated carbocycles. The van der Waals surface area contributed by atoms with Crippen LogP contribution in [0.1, 0.15) is 24.8 Å². The molecule has 21 heavy (non-hydrogen) atoms. The van der Waals surface area contributed by atoms with Gasteiger partial charge in [-0.25, -0.2) is 4.39 Å². The van der Waals surface area contributed by atoms with E-state index in [0.29, 0.717) is 25.1 Å². The van der Waals surface area contributed by atoms with Gasteiger partial charge in [-0.15, -0.1) is 0 Å². The fourth-order valence-electron chi connectivity index (χ4n) is 2.72. The molecule has 7 heteroatoms. The van der Waals surface area contributed by atoms with E-state index in [1.807, 2.05) is 0 Å². The lowest BCUT2D eigenvalue weighted by Crippen LogP contribution is -2.29. The number of amides is 1. The van der Waals surface area contributed by atoms with Crippen molar-refractivity contribution in [2.24, 2.45) is 17.6 Å². The van der Waals surface area contributed by atoms with Crippen molar-refractivity contribution >= 4 is 11.6 Å². The van der Waals surface area contributed by atoms with Crippen molar-refractivity contribution in [3.63, 3.8) is 0 Å². The first-order valence-electron chi connectivity index (χ1n) is 6.70. The van der Waals surface area contributed by atoms with Crippen LogP contribution in [-0.2, 0) is 11.0 Å². The molecule has 1 amide bonds. The SMILES string of the molecule is NCC1CCCC1C(=O)Nc1ccc(F)c(C(F)(F)F)c1. The highest BCUT2D eigenvalue weighted by Gasteiger charge is 2.35. The third kappa shape index (κ3) is 3.53. The Balaban J connectivity index is 2.15. The molecule has 1 aliphatic rings. The van der Waals surface area contributed by atoms with E-state index >= 15 is 0 Å². The number of hydrogen-bond donors (Lipinski definition) is 2. The molecule has 0 bridgehead atoms. The van der Waals surface area contributed by atoms with Gasteiger partial charge in [0.05, 0.1) is 5.56 Å². The molecular formula is C14H16F4N2O. The molecule has 3 nitrogen and oxygen atoms in total. The van der Waals surface area contributed by atoms with Crippen molar-refractivity contribution in [1.29, 1.82) is 0 Å². The maximum atomic E-state index is 13.2. The van der Waals surface area contributed by atoms with Crippen LogP contribution in [-0.4, -0.2) is 12.5 Å². The molecule has 0 saturated heterocycles. The quantitative estimate of drug-likeness (QED) is 0.843. The van der Waals surface area contributed by atoms with Crippen LogP contribution in [0.2, 0.25) is 0 Å². The van der Waals surface area contributed by atoms with Crippen LogP contribution in [0.5, 0.6) is 0 Å². The van der Waals surface area contributed by atoms with Gasteiger partial charge < -0.3 is 11.1 Å². The third-order valence-corrected chi connectivity index (χ3v) is 3.84. The Bertz CT molecular complexity index is 530. The van der Waals surface area contributed by atoms with Gasteiger partial charge in [0.2, 0.25) is 5.91 Å². The molecule has 0 spiro atoms. The topological polar surface area (TPSA) is 55.1 Å². The van der Waals surface area contributed by atoms with Crippen LogP contribution in [0.15, 0.2) is 18.2 Å². The van der Waals surface area contributed by atoms with Gasteiger partial charge in [0.1, 0.15) is 5.82 Å². The zero-order valence-corrected chi connectivity index (χ0v) is 11.2. The first-order chi connectivity index (χ1) is 9.82. The van der Waals surface area contributed by atoms with Crippen molar-refractivity contribution in [2.75, 3.05) is 11.9 Å². The minimum atomic E-state index is -4.79. The molecule has 2 rings (SSSR count). The number of halogens is 4. The van der Waals surface area contributed by atoms with Crippen molar-refractivity contribution in [3.05, 3.63) is 29.6 Å². The van der Waals surface area contributed by atoms with Crippen molar-refractivity contribution < 1.29 is 22.4 Å². The van der Waals surface area contributed by atoms with E-state index in [-0.39, 0.29) is 23.4 Å². The number of nitrogens with one attached hydrogen (secondary N) is 1. The maximum Gasteiger partial charge on any atom is 0.419 e. The van der Waals surface area contributed by atoms with Gasteiger partial charge in [-0.05, 0) is 43.5 Å². The minimum absolute atomic E-state index is 0.0486. The number of carbonyl (C=O) groups excluding carboxylic acids is 1. The summed E-state index contributed by atoms with van der Waals surface area (Å²) in [4.78, 5) is 12.1. The summed E-state index contributed by atoms with van der Waals surface area (Å²) in [6.45, 7) is 0.370. The average molecular weight is 304 g/mol. The first kappa shape index (κ1) is 15.8. The second-order valence-corrected chi connectivity index (χ2v) is 5.21. The van der Waals surface area contributed by atoms with Gasteiger partial charge in [0.15, 0.2) is 0 Å². The average Bonchev–Trinajstić information content (AvgIpc) is 2.88. The molecule has 1 aromatic carbocycles. The summed E-state index contributed by atoms with van der Waals surface area (Å²) in [5.74, 6) is -1.97. The minimum Gasteiger partial charge on any atom is -0.330 e. The highest BCUT2D eigenvalue weighted by Crippen LogP contribution is 2.34. The van der Waals surface area contributed by atoms with E-state index in [0.717, 1.165) is 18.9 Å². The van der Waals surface area contributed by atoms with Crippen LogP contribution < -0.4 is 11.1 Å². The molecule has 3 N–H and O–H groups in total. The molecule has 1 aliphatic carbocycles. The van der Waals surface area contributed by atoms with E-state index in [4.69, 9.17) is 5.73 Å². The summed E-state index contributed by atoms with van der Waals surface area (Å²) in [6.07, 6.45) is -2.41. The number of anilines is 1. The van der Waals surface area contributed by atoms with Gasteiger partial charge in [-0.3, -0.25) is 4.79 Å². The van der Waals surface area contributed by atoms with Gasteiger partial charge in [-0.1, -0.05) is 6.42 Å². The molecule has 2 unspecified atom stereocenters. The number of alkyl halides is 3. The van der Waals surface area contributed by atoms with Crippen LogP contribution in [0.25, 0.3) is 0 Å². The third-order valence-electron chi connectivity index (χ3n) is 3.84. The highest BCUT2D eigenvalue weighted by molar-refractivity contribution is 5.93. The normalized spacial score (nSPS) is 22.3. The predicted molar refractivity (Wildman–Crippen MR) is 69.9 cm³/mol. The van der Waals surface area contributed by atoms with E-state index in [2.05, 4.69) is 5.32 Å². The summed E-state index contributed by atoms with van der Waals surface area (Å²) >= 11 is 0. The standard InChI is InChI=1S/C14H16F4N2O/c15-12-5-4-9(6-11(12)14(16,17)18)20-13(21)10-3-1-2-8(10)7-19/h4-6,8,10H,1-3,7,19H2,(H,20,21). The molecule has 0 radical (unpaired) electrons. The fourth-order valence-corrected chi connectivity index (χ4v) is 2.72. The Morgan fingerprint density at radius 3 is 2.67 bits per heavy atom. The lowest BCUT2D eigenvalue weighted by Gasteiger charge is -2.18. The van der Waals surface area contributed by atoms with E-state index in [1.54, 1.807) is 0 Å². The summed E-state index contributed by atoms with van der Waals surface area (Å²) in [5.41, 5.74) is 4.13. The summed E-state index contributed by atoms with van der Waals surface area (Å²) in [7, 11) is 0.